The molecular weight excluding hydrogens is 280 g/mol. The van der Waals surface area contributed by atoms with Gasteiger partial charge in [-0.25, -0.2) is 9.97 Å². The Kier molecular flexibility index (Phi) is 3.56. The van der Waals surface area contributed by atoms with Crippen LogP contribution in [0.25, 0.3) is 0 Å². The maximum Gasteiger partial charge on any atom is 0.246 e. The molecule has 2 fully saturated rings. The first-order chi connectivity index (χ1) is 10.5. The van der Waals surface area contributed by atoms with Crippen LogP contribution >= 0.6 is 0 Å². The molecule has 1 aromatic rings. The predicted octanol–water partition coefficient (Wildman–Crippen LogP) is 1.03. The molecule has 1 saturated carbocycles. The number of nitrogens with two attached hydrogens (primary N) is 1. The Morgan fingerprint density at radius 1 is 1.55 bits per heavy atom. The second-order valence-electron chi connectivity index (χ2n) is 5.96. The van der Waals surface area contributed by atoms with Gasteiger partial charge in [-0.3, -0.25) is 4.79 Å². The highest BCUT2D eigenvalue weighted by Crippen LogP contribution is 2.39. The van der Waals surface area contributed by atoms with Gasteiger partial charge in [0.25, 0.3) is 0 Å². The number of nitrogens with zero attached hydrogens (tertiary/aromatic N) is 3. The Labute approximate surface area is 129 Å². The lowest BCUT2D eigenvalue weighted by Crippen LogP contribution is -2.47. The second-order valence-corrected chi connectivity index (χ2v) is 5.96. The largest absolute Gasteiger partial charge is 0.383 e. The molecule has 0 spiro atoms. The van der Waals surface area contributed by atoms with Gasteiger partial charge in [-0.05, 0) is 31.8 Å². The van der Waals surface area contributed by atoms with E-state index in [0.717, 1.165) is 19.4 Å². The molecule has 7 heteroatoms. The Morgan fingerprint density at radius 3 is 2.95 bits per heavy atom. The Bertz CT molecular complexity index is 643. The highest BCUT2D eigenvalue weighted by molar-refractivity contribution is 6.04. The van der Waals surface area contributed by atoms with Crippen LogP contribution in [0.1, 0.15) is 25.3 Å². The van der Waals surface area contributed by atoms with Crippen LogP contribution in [-0.4, -0.2) is 45.1 Å². The Hall–Kier alpha value is -2.44. The van der Waals surface area contributed by atoms with Crippen molar-refractivity contribution in [3.63, 3.8) is 0 Å². The van der Waals surface area contributed by atoms with Gasteiger partial charge < -0.3 is 21.4 Å². The van der Waals surface area contributed by atoms with Gasteiger partial charge in [-0.15, -0.1) is 0 Å². The summed E-state index contributed by atoms with van der Waals surface area (Å²) < 4.78 is 0. The van der Waals surface area contributed by atoms with E-state index in [0.29, 0.717) is 28.8 Å². The quantitative estimate of drug-likeness (QED) is 0.568. The molecule has 2 heterocycles. The number of hydrogen-bond donors (Lipinski definition) is 3. The van der Waals surface area contributed by atoms with Crippen molar-refractivity contribution >= 4 is 23.3 Å². The number of piperidine rings is 1. The lowest BCUT2D eigenvalue weighted by Gasteiger charge is -2.33. The lowest BCUT2D eigenvalue weighted by atomic mass is 10.0. The fourth-order valence-corrected chi connectivity index (χ4v) is 3.61. The molecule has 7 nitrogen and oxygen atoms in total. The van der Waals surface area contributed by atoms with Gasteiger partial charge in [0.05, 0.1) is 11.6 Å². The summed E-state index contributed by atoms with van der Waals surface area (Å²) in [7, 11) is 0. The summed E-state index contributed by atoms with van der Waals surface area (Å²) >= 11 is 0. The zero-order valence-corrected chi connectivity index (χ0v) is 12.5. The molecule has 3 unspecified atom stereocenters. The van der Waals surface area contributed by atoms with Gasteiger partial charge >= 0.3 is 0 Å². The summed E-state index contributed by atoms with van der Waals surface area (Å²) in [6.07, 6.45) is 4.75. The Balaban J connectivity index is 1.83. The number of likely N-dealkylation sites (tertiary alicyclic amines) is 1. The average molecular weight is 300 g/mol. The van der Waals surface area contributed by atoms with Crippen molar-refractivity contribution in [2.45, 2.75) is 31.8 Å². The molecule has 1 saturated heterocycles. The summed E-state index contributed by atoms with van der Waals surface area (Å²) in [4.78, 5) is 22.0. The lowest BCUT2D eigenvalue weighted by molar-refractivity contribution is -0.127. The smallest absolute Gasteiger partial charge is 0.246 e. The molecule has 2 bridgehead atoms. The number of aromatic nitrogens is 2. The molecule has 1 aliphatic heterocycles. The third-order valence-electron chi connectivity index (χ3n) is 4.51. The fourth-order valence-electron chi connectivity index (χ4n) is 3.61. The molecule has 1 amide bonds. The van der Waals surface area contributed by atoms with Crippen LogP contribution in [0.4, 0.5) is 11.6 Å². The molecule has 3 atom stereocenters. The first-order valence-corrected chi connectivity index (χ1v) is 7.36. The van der Waals surface area contributed by atoms with E-state index in [1.54, 1.807) is 6.92 Å². The maximum absolute atomic E-state index is 11.9. The van der Waals surface area contributed by atoms with Gasteiger partial charge in [0, 0.05) is 18.3 Å². The molecule has 4 N–H and O–H groups in total. The third-order valence-corrected chi connectivity index (χ3v) is 4.51. The van der Waals surface area contributed by atoms with E-state index in [1.807, 2.05) is 4.90 Å². The topological polar surface area (TPSA) is 108 Å². The highest BCUT2D eigenvalue weighted by atomic mass is 16.2. The summed E-state index contributed by atoms with van der Waals surface area (Å²) in [6, 6.07) is 0.264. The van der Waals surface area contributed by atoms with E-state index >= 15 is 0 Å². The van der Waals surface area contributed by atoms with Crippen LogP contribution in [0.3, 0.4) is 0 Å². The zero-order chi connectivity index (χ0) is 15.9. The number of nitrogen functional groups attached to an aromatic ring is 1. The van der Waals surface area contributed by atoms with E-state index in [-0.39, 0.29) is 18.0 Å². The molecule has 0 radical (unpaired) electrons. The molecule has 1 aliphatic carbocycles. The normalized spacial score (nSPS) is 26.0. The number of amides is 1. The van der Waals surface area contributed by atoms with Crippen LogP contribution in [0.15, 0.2) is 19.0 Å². The van der Waals surface area contributed by atoms with E-state index in [4.69, 9.17) is 11.1 Å². The molecular formula is C15H20N6O. The SMILES string of the molecule is C=CC(=O)N1CC2CC(Nc3ncnc(N)c3C(C)=N)C1C2. The van der Waals surface area contributed by atoms with E-state index < -0.39 is 0 Å². The van der Waals surface area contributed by atoms with Crippen molar-refractivity contribution in [3.05, 3.63) is 24.5 Å². The number of carbonyl (C=O) groups is 1. The van der Waals surface area contributed by atoms with E-state index in [1.165, 1.54) is 12.4 Å². The molecule has 3 rings (SSSR count). The minimum Gasteiger partial charge on any atom is -0.383 e. The van der Waals surface area contributed by atoms with Crippen LogP contribution in [0.2, 0.25) is 0 Å². The summed E-state index contributed by atoms with van der Waals surface area (Å²) in [5.41, 5.74) is 6.72. The second kappa shape index (κ2) is 5.40. The number of rotatable bonds is 4. The summed E-state index contributed by atoms with van der Waals surface area (Å²) in [5, 5.41) is 11.2. The minimum atomic E-state index is -0.0235. The van der Waals surface area contributed by atoms with Crippen molar-refractivity contribution < 1.29 is 4.79 Å². The standard InChI is InChI=1S/C15H20N6O/c1-3-12(22)21-6-9-4-10(11(21)5-9)20-15-13(8(2)16)14(17)18-7-19-15/h3,7,9-11,16H,1,4-6H2,2H3,(H3,17,18,19,20). The molecule has 1 aromatic heterocycles. The van der Waals surface area contributed by atoms with Gasteiger partial charge in [-0.1, -0.05) is 6.58 Å². The van der Waals surface area contributed by atoms with Crippen molar-refractivity contribution in [2.75, 3.05) is 17.6 Å². The molecule has 0 aromatic carbocycles. The zero-order valence-electron chi connectivity index (χ0n) is 12.5. The maximum atomic E-state index is 11.9. The van der Waals surface area contributed by atoms with E-state index in [2.05, 4.69) is 21.9 Å². The van der Waals surface area contributed by atoms with Gasteiger partial charge in [0.2, 0.25) is 5.91 Å². The minimum absolute atomic E-state index is 0.0235. The van der Waals surface area contributed by atoms with Gasteiger partial charge in [0.15, 0.2) is 0 Å². The average Bonchev–Trinajstić information content (AvgIpc) is 3.06. The Morgan fingerprint density at radius 2 is 2.32 bits per heavy atom. The van der Waals surface area contributed by atoms with E-state index in [9.17, 15) is 4.79 Å². The van der Waals surface area contributed by atoms with Gasteiger partial charge in [0.1, 0.15) is 18.0 Å². The number of nitrogens with one attached hydrogen (secondary N) is 2. The number of hydrogen-bond acceptors (Lipinski definition) is 6. The van der Waals surface area contributed by atoms with Crippen LogP contribution < -0.4 is 11.1 Å². The van der Waals surface area contributed by atoms with Gasteiger partial charge in [-0.2, -0.15) is 0 Å². The van der Waals surface area contributed by atoms with Crippen molar-refractivity contribution in [2.24, 2.45) is 5.92 Å². The van der Waals surface area contributed by atoms with Crippen LogP contribution in [0.5, 0.6) is 0 Å². The number of carbonyl (C=O) groups excluding carboxylic acids is 1. The van der Waals surface area contributed by atoms with Crippen molar-refractivity contribution in [1.82, 2.24) is 14.9 Å². The predicted molar refractivity (Wildman–Crippen MR) is 84.8 cm³/mol. The first-order valence-electron chi connectivity index (χ1n) is 7.36. The molecule has 22 heavy (non-hydrogen) atoms. The van der Waals surface area contributed by atoms with Crippen molar-refractivity contribution in [3.8, 4) is 0 Å². The first kappa shape index (κ1) is 14.5. The fraction of sp³-hybridized carbons (Fsp3) is 0.467. The summed E-state index contributed by atoms with van der Waals surface area (Å²) in [6.45, 7) is 6.03. The molecule has 116 valence electrons. The monoisotopic (exact) mass is 300 g/mol. The summed E-state index contributed by atoms with van der Waals surface area (Å²) in [5.74, 6) is 1.36. The third kappa shape index (κ3) is 2.32. The molecule has 2 aliphatic rings. The number of anilines is 2. The number of fused-ring (bicyclic) bond motifs is 2. The van der Waals surface area contributed by atoms with Crippen molar-refractivity contribution in [1.29, 1.82) is 5.41 Å². The highest BCUT2D eigenvalue weighted by Gasteiger charge is 2.46. The van der Waals surface area contributed by atoms with Crippen LogP contribution in [-0.2, 0) is 4.79 Å². The van der Waals surface area contributed by atoms with Crippen LogP contribution in [0, 0.1) is 11.3 Å².